The summed E-state index contributed by atoms with van der Waals surface area (Å²) in [5, 5.41) is 12.7. The van der Waals surface area contributed by atoms with E-state index >= 15 is 0 Å². The van der Waals surface area contributed by atoms with Gasteiger partial charge >= 0.3 is 5.97 Å². The number of benzene rings is 3. The van der Waals surface area contributed by atoms with Gasteiger partial charge in [-0.1, -0.05) is 36.4 Å². The lowest BCUT2D eigenvalue weighted by Crippen LogP contribution is -2.55. The van der Waals surface area contributed by atoms with Gasteiger partial charge in [-0.15, -0.1) is 0 Å². The number of nitrogens with two attached hydrogens (primary N) is 1. The molecule has 1 aliphatic rings. The van der Waals surface area contributed by atoms with Gasteiger partial charge < -0.3 is 25.6 Å². The number of carbonyl (C=O) groups excluding carboxylic acids is 2. The summed E-state index contributed by atoms with van der Waals surface area (Å²) in [5.41, 5.74) is 7.30. The third-order valence-corrected chi connectivity index (χ3v) is 6.15. The lowest BCUT2D eigenvalue weighted by atomic mass is 9.95. The van der Waals surface area contributed by atoms with Crippen LogP contribution in [0.5, 0.6) is 11.5 Å². The van der Waals surface area contributed by atoms with E-state index in [2.05, 4.69) is 5.32 Å². The van der Waals surface area contributed by atoms with Crippen molar-refractivity contribution in [3.63, 3.8) is 0 Å². The highest BCUT2D eigenvalue weighted by atomic mass is 16.5. The van der Waals surface area contributed by atoms with E-state index < -0.39 is 23.3 Å². The van der Waals surface area contributed by atoms with Crippen LogP contribution in [0, 0.1) is 0 Å². The number of hydrogen-bond donors (Lipinski definition) is 3. The SMILES string of the molecule is COc1ccc(C(=O)NC2(C(=O)O)Cc3ccccc3C2)cc1OCCc1cccc(C(N)=O)c1. The summed E-state index contributed by atoms with van der Waals surface area (Å²) in [6, 6.07) is 19.1. The number of amides is 2. The Hall–Kier alpha value is -4.33. The average Bonchev–Trinajstić information content (AvgIpc) is 3.23. The van der Waals surface area contributed by atoms with Gasteiger partial charge in [-0.2, -0.15) is 0 Å². The Labute approximate surface area is 202 Å². The Kier molecular flexibility index (Phi) is 6.73. The highest BCUT2D eigenvalue weighted by Gasteiger charge is 2.45. The molecule has 0 aromatic heterocycles. The zero-order valence-electron chi connectivity index (χ0n) is 19.2. The molecule has 0 atom stereocenters. The quantitative estimate of drug-likeness (QED) is 0.438. The molecule has 4 rings (SSSR count). The number of fused-ring (bicyclic) bond motifs is 1. The van der Waals surface area contributed by atoms with Crippen LogP contribution in [0.4, 0.5) is 0 Å². The van der Waals surface area contributed by atoms with Crippen LogP contribution in [0.1, 0.15) is 37.4 Å². The highest BCUT2D eigenvalue weighted by Crippen LogP contribution is 2.32. The van der Waals surface area contributed by atoms with Crippen LogP contribution in [0.15, 0.2) is 66.7 Å². The Morgan fingerprint density at radius 2 is 1.66 bits per heavy atom. The molecule has 0 heterocycles. The largest absolute Gasteiger partial charge is 0.493 e. The summed E-state index contributed by atoms with van der Waals surface area (Å²) in [7, 11) is 1.49. The van der Waals surface area contributed by atoms with Crippen LogP contribution in [-0.4, -0.2) is 42.1 Å². The van der Waals surface area contributed by atoms with Crippen LogP contribution < -0.4 is 20.5 Å². The fourth-order valence-corrected chi connectivity index (χ4v) is 4.29. The first-order valence-corrected chi connectivity index (χ1v) is 11.1. The Balaban J connectivity index is 1.48. The first-order valence-electron chi connectivity index (χ1n) is 11.1. The smallest absolute Gasteiger partial charge is 0.330 e. The highest BCUT2D eigenvalue weighted by molar-refractivity contribution is 5.99. The molecule has 3 aromatic carbocycles. The van der Waals surface area contributed by atoms with Crippen molar-refractivity contribution in [1.82, 2.24) is 5.32 Å². The van der Waals surface area contributed by atoms with Gasteiger partial charge in [-0.05, 0) is 47.0 Å². The van der Waals surface area contributed by atoms with Crippen LogP contribution in [0.25, 0.3) is 0 Å². The second-order valence-corrected chi connectivity index (χ2v) is 8.49. The number of hydrogen-bond acceptors (Lipinski definition) is 5. The lowest BCUT2D eigenvalue weighted by molar-refractivity contribution is -0.144. The van der Waals surface area contributed by atoms with Crippen molar-refractivity contribution < 1.29 is 29.0 Å². The molecule has 180 valence electrons. The molecule has 0 aliphatic heterocycles. The first kappa shape index (κ1) is 23.8. The number of aliphatic carboxylic acids is 1. The molecule has 2 amide bonds. The maximum atomic E-state index is 13.1. The molecule has 3 aromatic rings. The average molecular weight is 475 g/mol. The molecule has 35 heavy (non-hydrogen) atoms. The van der Waals surface area contributed by atoms with Crippen molar-refractivity contribution in [2.45, 2.75) is 24.8 Å². The third kappa shape index (κ3) is 5.11. The second kappa shape index (κ2) is 9.89. The van der Waals surface area contributed by atoms with E-state index in [9.17, 15) is 19.5 Å². The molecular weight excluding hydrogens is 448 g/mol. The molecule has 1 aliphatic carbocycles. The number of carbonyl (C=O) groups is 3. The van der Waals surface area contributed by atoms with Crippen molar-refractivity contribution in [2.75, 3.05) is 13.7 Å². The van der Waals surface area contributed by atoms with Crippen molar-refractivity contribution in [3.8, 4) is 11.5 Å². The molecule has 0 bridgehead atoms. The number of nitrogens with one attached hydrogen (secondary N) is 1. The molecule has 0 saturated carbocycles. The van der Waals surface area contributed by atoms with Gasteiger partial charge in [0.05, 0.1) is 13.7 Å². The van der Waals surface area contributed by atoms with Gasteiger partial charge in [0.2, 0.25) is 5.91 Å². The Morgan fingerprint density at radius 3 is 2.29 bits per heavy atom. The van der Waals surface area contributed by atoms with Crippen molar-refractivity contribution in [2.24, 2.45) is 5.73 Å². The standard InChI is InChI=1S/C27H26N2O6/c1-34-22-10-9-19(14-23(22)35-12-11-17-5-4-8-18(13-17)24(28)30)25(31)29-27(26(32)33)15-20-6-2-3-7-21(20)16-27/h2-10,13-14H,11-12,15-16H2,1H3,(H2,28,30)(H,29,31)(H,32,33). The summed E-state index contributed by atoms with van der Waals surface area (Å²) in [6.45, 7) is 0.262. The minimum absolute atomic E-state index is 0.216. The van der Waals surface area contributed by atoms with Crippen LogP contribution >= 0.6 is 0 Å². The van der Waals surface area contributed by atoms with Crippen molar-refractivity contribution in [1.29, 1.82) is 0 Å². The molecule has 0 spiro atoms. The molecule has 0 unspecified atom stereocenters. The van der Waals surface area contributed by atoms with E-state index in [1.54, 1.807) is 30.3 Å². The molecule has 8 nitrogen and oxygen atoms in total. The number of ether oxygens (including phenoxy) is 2. The Morgan fingerprint density at radius 1 is 0.943 bits per heavy atom. The minimum atomic E-state index is -1.41. The third-order valence-electron chi connectivity index (χ3n) is 6.15. The molecule has 0 fully saturated rings. The molecule has 8 heteroatoms. The normalized spacial score (nSPS) is 13.5. The van der Waals surface area contributed by atoms with E-state index in [0.717, 1.165) is 16.7 Å². The fourth-order valence-electron chi connectivity index (χ4n) is 4.29. The molecule has 4 N–H and O–H groups in total. The van der Waals surface area contributed by atoms with Crippen molar-refractivity contribution >= 4 is 17.8 Å². The predicted molar refractivity (Wildman–Crippen MR) is 129 cm³/mol. The van der Waals surface area contributed by atoms with Gasteiger partial charge in [0.1, 0.15) is 5.54 Å². The Bertz CT molecular complexity index is 1260. The fraction of sp³-hybridized carbons (Fsp3) is 0.222. The van der Waals surface area contributed by atoms with Crippen LogP contribution in [0.2, 0.25) is 0 Å². The second-order valence-electron chi connectivity index (χ2n) is 8.49. The van der Waals surface area contributed by atoms with E-state index in [-0.39, 0.29) is 25.0 Å². The topological polar surface area (TPSA) is 128 Å². The molecule has 0 saturated heterocycles. The van der Waals surface area contributed by atoms with Gasteiger partial charge in [0, 0.05) is 30.4 Å². The molecular formula is C27H26N2O6. The maximum Gasteiger partial charge on any atom is 0.330 e. The number of rotatable bonds is 9. The van der Waals surface area contributed by atoms with E-state index in [4.69, 9.17) is 15.2 Å². The van der Waals surface area contributed by atoms with Gasteiger partial charge in [-0.3, -0.25) is 9.59 Å². The van der Waals surface area contributed by atoms with Gasteiger partial charge in [-0.25, -0.2) is 4.79 Å². The van der Waals surface area contributed by atoms with Crippen LogP contribution in [-0.2, 0) is 24.1 Å². The monoisotopic (exact) mass is 474 g/mol. The number of carboxylic acids is 1. The summed E-state index contributed by atoms with van der Waals surface area (Å²) in [5.74, 6) is -1.30. The zero-order valence-corrected chi connectivity index (χ0v) is 19.2. The predicted octanol–water partition coefficient (Wildman–Crippen LogP) is 2.77. The first-order chi connectivity index (χ1) is 16.8. The maximum absolute atomic E-state index is 13.1. The summed E-state index contributed by atoms with van der Waals surface area (Å²) in [4.78, 5) is 36.7. The summed E-state index contributed by atoms with van der Waals surface area (Å²) >= 11 is 0. The number of primary amides is 1. The lowest BCUT2D eigenvalue weighted by Gasteiger charge is -2.25. The summed E-state index contributed by atoms with van der Waals surface area (Å²) < 4.78 is 11.2. The minimum Gasteiger partial charge on any atom is -0.493 e. The molecule has 0 radical (unpaired) electrons. The van der Waals surface area contributed by atoms with Gasteiger partial charge in [0.15, 0.2) is 11.5 Å². The van der Waals surface area contributed by atoms with E-state index in [1.165, 1.54) is 13.2 Å². The van der Waals surface area contributed by atoms with E-state index in [1.807, 2.05) is 30.3 Å². The zero-order chi connectivity index (χ0) is 25.0. The van der Waals surface area contributed by atoms with Crippen molar-refractivity contribution in [3.05, 3.63) is 94.5 Å². The van der Waals surface area contributed by atoms with E-state index in [0.29, 0.717) is 23.5 Å². The van der Waals surface area contributed by atoms with Gasteiger partial charge in [0.25, 0.3) is 5.91 Å². The number of carboxylic acid groups (broad SMARTS) is 1. The number of methoxy groups -OCH3 is 1. The van der Waals surface area contributed by atoms with Crippen LogP contribution in [0.3, 0.4) is 0 Å². The summed E-state index contributed by atoms with van der Waals surface area (Å²) in [6.07, 6.45) is 0.934.